The van der Waals surface area contributed by atoms with Gasteiger partial charge in [-0.3, -0.25) is 20.2 Å². The summed E-state index contributed by atoms with van der Waals surface area (Å²) in [6, 6.07) is 13.1. The Morgan fingerprint density at radius 2 is 1.12 bits per heavy atom. The number of hydrogen-bond acceptors (Lipinski definition) is 22. The van der Waals surface area contributed by atoms with E-state index in [2.05, 4.69) is 61.9 Å². The third-order valence-corrected chi connectivity index (χ3v) is 9.52. The Labute approximate surface area is 381 Å². The molecule has 7 N–H and O–H groups in total. The van der Waals surface area contributed by atoms with E-state index in [-0.39, 0.29) is 80.5 Å². The highest BCUT2D eigenvalue weighted by Gasteiger charge is 2.25. The number of halogens is 1. The molecule has 4 aromatic rings. The van der Waals surface area contributed by atoms with Crippen molar-refractivity contribution in [1.82, 2.24) is 19.9 Å². The predicted molar refractivity (Wildman–Crippen MR) is 237 cm³/mol. The molecule has 65 heavy (non-hydrogen) atoms. The maximum atomic E-state index is 11.7. The van der Waals surface area contributed by atoms with E-state index in [1.165, 1.54) is 24.5 Å². The lowest BCUT2D eigenvalue weighted by molar-refractivity contribution is -0.384. The van der Waals surface area contributed by atoms with Crippen LogP contribution in [0, 0.1) is 42.9 Å². The van der Waals surface area contributed by atoms with Crippen LogP contribution >= 0.6 is 15.9 Å². The summed E-state index contributed by atoms with van der Waals surface area (Å²) >= 11 is 3.34. The van der Waals surface area contributed by atoms with Crippen molar-refractivity contribution in [3.63, 3.8) is 0 Å². The van der Waals surface area contributed by atoms with Crippen LogP contribution in [0.2, 0.25) is 0 Å². The lowest BCUT2D eigenvalue weighted by atomic mass is 10.1. The van der Waals surface area contributed by atoms with Crippen LogP contribution in [0.1, 0.15) is 36.8 Å². The maximum absolute atomic E-state index is 11.7. The molecule has 2 aliphatic heterocycles. The van der Waals surface area contributed by atoms with E-state index in [1.54, 1.807) is 24.3 Å². The van der Waals surface area contributed by atoms with Crippen molar-refractivity contribution in [1.29, 1.82) is 10.5 Å². The number of aliphatic hydroxyl groups excluding tert-OH is 3. The molecule has 4 aromatic heterocycles. The number of aliphatic hydroxyl groups is 3. The van der Waals surface area contributed by atoms with Gasteiger partial charge in [0.25, 0.3) is 0 Å². The zero-order valence-corrected chi connectivity index (χ0v) is 36.6. The van der Waals surface area contributed by atoms with Crippen LogP contribution in [0.25, 0.3) is 0 Å². The molecule has 0 radical (unpaired) electrons. The van der Waals surface area contributed by atoms with Gasteiger partial charge in [-0.1, -0.05) is 0 Å². The zero-order valence-electron chi connectivity index (χ0n) is 35.1. The van der Waals surface area contributed by atoms with Crippen LogP contribution in [0.5, 0.6) is 5.75 Å². The van der Waals surface area contributed by atoms with Crippen molar-refractivity contribution in [3.8, 4) is 17.9 Å². The predicted octanol–water partition coefficient (Wildman–Crippen LogP) is 4.32. The molecule has 2 fully saturated rings. The number of rotatable bonds is 20. The Hall–Kier alpha value is -6.42. The van der Waals surface area contributed by atoms with Crippen LogP contribution in [0.3, 0.4) is 0 Å². The Morgan fingerprint density at radius 1 is 0.677 bits per heavy atom. The summed E-state index contributed by atoms with van der Waals surface area (Å²) in [4.78, 5) is 38.9. The molecule has 0 atom stereocenters. The summed E-state index contributed by atoms with van der Waals surface area (Å²) in [7, 11) is 0. The van der Waals surface area contributed by atoms with Gasteiger partial charge in [-0.15, -0.1) is 0 Å². The second kappa shape index (κ2) is 28.4. The molecule has 0 aliphatic carbocycles. The Balaban J connectivity index is 0.000000252. The van der Waals surface area contributed by atoms with E-state index in [9.17, 15) is 20.2 Å². The van der Waals surface area contributed by atoms with Gasteiger partial charge in [0.05, 0.1) is 77.8 Å². The highest BCUT2D eigenvalue weighted by molar-refractivity contribution is 9.10. The average Bonchev–Trinajstić information content (AvgIpc) is 3.32. The lowest BCUT2D eigenvalue weighted by Crippen LogP contribution is -2.28. The second-order valence-electron chi connectivity index (χ2n) is 13.5. The number of ether oxygens (including phenoxy) is 5. The minimum absolute atomic E-state index is 0.00866. The molecule has 2 saturated heterocycles. The third-order valence-electron chi connectivity index (χ3n) is 8.91. The fourth-order valence-electron chi connectivity index (χ4n) is 5.73. The molecule has 6 heterocycles. The largest absolute Gasteiger partial charge is 0.487 e. The molecule has 0 saturated carbocycles. The number of aromatic nitrogens is 4. The summed E-state index contributed by atoms with van der Waals surface area (Å²) in [6.45, 7) is 3.66. The highest BCUT2D eigenvalue weighted by Crippen LogP contribution is 2.36. The van der Waals surface area contributed by atoms with Gasteiger partial charge in [-0.05, 0) is 65.9 Å². The minimum Gasteiger partial charge on any atom is -0.487 e. The molecule has 24 nitrogen and oxygen atoms in total. The van der Waals surface area contributed by atoms with Crippen LogP contribution in [-0.4, -0.2) is 136 Å². The molecule has 0 amide bonds. The second-order valence-corrected chi connectivity index (χ2v) is 14.4. The average molecular weight is 970 g/mol. The van der Waals surface area contributed by atoms with E-state index < -0.39 is 9.85 Å². The first-order chi connectivity index (χ1) is 31.6. The van der Waals surface area contributed by atoms with Gasteiger partial charge < -0.3 is 60.3 Å². The number of nitrogens with zero attached hydrogens (tertiary/aromatic N) is 8. The van der Waals surface area contributed by atoms with E-state index in [0.29, 0.717) is 78.5 Å². The Kier molecular flexibility index (Phi) is 22.4. The van der Waals surface area contributed by atoms with Crippen molar-refractivity contribution < 1.29 is 48.9 Å². The smallest absolute Gasteiger partial charge is 0.315 e. The topological polar surface area (TPSA) is 340 Å². The first-order valence-corrected chi connectivity index (χ1v) is 21.0. The zero-order chi connectivity index (χ0) is 46.8. The number of nitro groups is 2. The molecular formula is C40H49BrN12O12. The maximum Gasteiger partial charge on any atom is 0.315 e. The summed E-state index contributed by atoms with van der Waals surface area (Å²) in [5.74, 6) is 1.81. The van der Waals surface area contributed by atoms with Gasteiger partial charge in [0.1, 0.15) is 36.2 Å². The molecule has 25 heteroatoms. The SMILES string of the molecule is N#Cc1ccc(Nc2nc(NC3CCOCC3)c(Br)cc2[N+](=O)[O-])nc1.N#Cc1ccc(Nc2nc(NC3CCOCC3)c(OCCOCCO)cc2[N+](=O)[O-])nc1.OCCOCCO. The standard InChI is InChI=1S/C20H24N6O6.C16H15BrN6O3.C4H10O3/c21-12-14-1-2-18(22-13-14)24-19-16(26(28)29)11-17(32-10-9-31-8-5-27)20(25-19)23-15-3-6-30-7-4-15;17-12-7-13(23(24)25)16(21-14-2-1-10(8-18)9-19-14)22-15(12)20-11-3-5-26-6-4-11;5-1-3-7-4-2-6/h1-2,11,13,15,27H,3-10H2,(H2,22,23,24,25);1-2,7,9,11H,3-6H2,(H2,19,20,21,22);5-6H,1-4H2. The molecule has 348 valence electrons. The molecule has 0 aromatic carbocycles. The van der Waals surface area contributed by atoms with Gasteiger partial charge in [0, 0.05) is 57.0 Å². The first-order valence-electron chi connectivity index (χ1n) is 20.2. The molecule has 0 spiro atoms. The molecule has 6 rings (SSSR count). The van der Waals surface area contributed by atoms with E-state index >= 15 is 0 Å². The normalized spacial score (nSPS) is 13.6. The summed E-state index contributed by atoms with van der Waals surface area (Å²) < 4.78 is 26.7. The first kappa shape index (κ1) is 51.2. The Bertz CT molecular complexity index is 2180. The number of nitrogens with one attached hydrogen (secondary N) is 4. The van der Waals surface area contributed by atoms with Crippen molar-refractivity contribution in [2.75, 3.05) is 101 Å². The number of nitriles is 2. The van der Waals surface area contributed by atoms with Crippen LogP contribution < -0.4 is 26.0 Å². The fourth-order valence-corrected chi connectivity index (χ4v) is 6.15. The van der Waals surface area contributed by atoms with Crippen molar-refractivity contribution in [2.45, 2.75) is 37.8 Å². The molecule has 0 bridgehead atoms. The van der Waals surface area contributed by atoms with E-state index in [4.69, 9.17) is 44.8 Å². The van der Waals surface area contributed by atoms with E-state index in [1.807, 2.05) is 12.1 Å². The number of anilines is 6. The summed E-state index contributed by atoms with van der Waals surface area (Å²) in [5, 5.41) is 78.0. The highest BCUT2D eigenvalue weighted by atomic mass is 79.9. The third kappa shape index (κ3) is 17.6. The summed E-state index contributed by atoms with van der Waals surface area (Å²) in [6.07, 6.45) is 5.94. The van der Waals surface area contributed by atoms with Gasteiger partial charge in [-0.2, -0.15) is 10.5 Å². The number of hydrogen-bond donors (Lipinski definition) is 7. The number of pyridine rings is 4. The van der Waals surface area contributed by atoms with Crippen molar-refractivity contribution in [3.05, 3.63) is 84.6 Å². The van der Waals surface area contributed by atoms with Gasteiger partial charge in [-0.25, -0.2) is 19.9 Å². The fraction of sp³-hybridized carbons (Fsp3) is 0.450. The monoisotopic (exact) mass is 968 g/mol. The Morgan fingerprint density at radius 3 is 1.55 bits per heavy atom. The summed E-state index contributed by atoms with van der Waals surface area (Å²) in [5.41, 5.74) is 0.295. The van der Waals surface area contributed by atoms with Crippen LogP contribution in [-0.2, 0) is 18.9 Å². The van der Waals surface area contributed by atoms with Gasteiger partial charge >= 0.3 is 11.4 Å². The molecule has 0 unspecified atom stereocenters. The van der Waals surface area contributed by atoms with Crippen LogP contribution in [0.4, 0.5) is 46.3 Å². The van der Waals surface area contributed by atoms with Crippen molar-refractivity contribution in [2.24, 2.45) is 0 Å². The molecule has 2 aliphatic rings. The minimum atomic E-state index is -0.563. The van der Waals surface area contributed by atoms with Gasteiger partial charge in [0.15, 0.2) is 11.6 Å². The quantitative estimate of drug-likeness (QED) is 0.0368. The lowest BCUT2D eigenvalue weighted by Gasteiger charge is -2.25. The van der Waals surface area contributed by atoms with Crippen LogP contribution in [0.15, 0.2) is 53.3 Å². The molecular weight excluding hydrogens is 920 g/mol. The van der Waals surface area contributed by atoms with Crippen molar-refractivity contribution >= 4 is 62.2 Å². The van der Waals surface area contributed by atoms with Gasteiger partial charge in [0.2, 0.25) is 11.6 Å². The van der Waals surface area contributed by atoms with E-state index in [0.717, 1.165) is 25.7 Å².